The van der Waals surface area contributed by atoms with E-state index in [2.05, 4.69) is 5.10 Å². The van der Waals surface area contributed by atoms with E-state index in [0.29, 0.717) is 18.2 Å². The summed E-state index contributed by atoms with van der Waals surface area (Å²) in [5.74, 6) is -2.43. The van der Waals surface area contributed by atoms with E-state index in [0.717, 1.165) is 16.9 Å². The van der Waals surface area contributed by atoms with Gasteiger partial charge in [0.15, 0.2) is 0 Å². The number of halogens is 4. The number of aromatic nitrogens is 2. The highest BCUT2D eigenvalue weighted by atomic mass is 19.4. The average molecular weight is 332 g/mol. The summed E-state index contributed by atoms with van der Waals surface area (Å²) in [6, 6.07) is 2.62. The van der Waals surface area contributed by atoms with Crippen LogP contribution in [-0.4, -0.2) is 20.6 Å². The predicted octanol–water partition coefficient (Wildman–Crippen LogP) is 2.59. The van der Waals surface area contributed by atoms with Gasteiger partial charge in [0, 0.05) is 0 Å². The molecule has 11 heteroatoms. The van der Waals surface area contributed by atoms with Gasteiger partial charge in [0.05, 0.1) is 28.6 Å². The van der Waals surface area contributed by atoms with Crippen molar-refractivity contribution < 1.29 is 27.3 Å². The fourth-order valence-corrected chi connectivity index (χ4v) is 1.67. The van der Waals surface area contributed by atoms with Crippen molar-refractivity contribution in [3.63, 3.8) is 0 Å². The van der Waals surface area contributed by atoms with E-state index < -0.39 is 46.4 Å². The van der Waals surface area contributed by atoms with Crippen molar-refractivity contribution in [3.05, 3.63) is 52.0 Å². The number of carbonyl (C=O) groups excluding carboxylic acids is 1. The molecular weight excluding hydrogens is 324 g/mol. The topological polar surface area (TPSA) is 90.1 Å². The van der Waals surface area contributed by atoms with E-state index in [1.54, 1.807) is 0 Å². The molecule has 0 bridgehead atoms. The Bertz CT molecular complexity index is 757. The normalized spacial score (nSPS) is 11.3. The second kappa shape index (κ2) is 6.02. The zero-order chi connectivity index (χ0) is 17.2. The standard InChI is InChI=1S/C12H8F4N4O3/c13-8-2-1-7(12(14,15)16)5-9(8)17-11(21)6-19-4-3-10(18-19)20(22)23/h1-5H,6H2,(H,17,21). The molecule has 1 heterocycles. The molecule has 1 aromatic carbocycles. The minimum Gasteiger partial charge on any atom is -0.358 e. The van der Waals surface area contributed by atoms with Crippen LogP contribution in [0.4, 0.5) is 29.1 Å². The van der Waals surface area contributed by atoms with Gasteiger partial charge in [-0.05, 0) is 23.1 Å². The zero-order valence-corrected chi connectivity index (χ0v) is 11.2. The molecule has 7 nitrogen and oxygen atoms in total. The Morgan fingerprint density at radius 2 is 2.04 bits per heavy atom. The van der Waals surface area contributed by atoms with Crippen LogP contribution in [0.15, 0.2) is 30.5 Å². The second-order valence-corrected chi connectivity index (χ2v) is 4.37. The number of nitrogens with zero attached hydrogens (tertiary/aromatic N) is 3. The number of anilines is 1. The molecule has 1 aromatic heterocycles. The van der Waals surface area contributed by atoms with Gasteiger partial charge in [-0.15, -0.1) is 0 Å². The van der Waals surface area contributed by atoms with Crippen LogP contribution in [0.1, 0.15) is 5.56 Å². The summed E-state index contributed by atoms with van der Waals surface area (Å²) in [6.45, 7) is -0.524. The number of hydrogen-bond donors (Lipinski definition) is 1. The lowest BCUT2D eigenvalue weighted by Crippen LogP contribution is -2.20. The second-order valence-electron chi connectivity index (χ2n) is 4.37. The van der Waals surface area contributed by atoms with Gasteiger partial charge in [-0.2, -0.15) is 17.9 Å². The monoisotopic (exact) mass is 332 g/mol. The molecule has 0 aliphatic heterocycles. The molecule has 0 radical (unpaired) electrons. The Hall–Kier alpha value is -2.98. The van der Waals surface area contributed by atoms with Crippen molar-refractivity contribution in [2.75, 3.05) is 5.32 Å². The van der Waals surface area contributed by atoms with Crippen molar-refractivity contribution in [1.29, 1.82) is 0 Å². The lowest BCUT2D eigenvalue weighted by molar-refractivity contribution is -0.389. The predicted molar refractivity (Wildman–Crippen MR) is 68.9 cm³/mol. The number of amides is 1. The average Bonchev–Trinajstić information content (AvgIpc) is 2.88. The van der Waals surface area contributed by atoms with Crippen LogP contribution in [0.25, 0.3) is 0 Å². The van der Waals surface area contributed by atoms with Gasteiger partial charge in [-0.3, -0.25) is 4.79 Å². The molecule has 0 fully saturated rings. The molecule has 0 aliphatic rings. The van der Waals surface area contributed by atoms with Crippen molar-refractivity contribution >= 4 is 17.4 Å². The quantitative estimate of drug-likeness (QED) is 0.529. The van der Waals surface area contributed by atoms with E-state index in [-0.39, 0.29) is 0 Å². The number of alkyl halides is 3. The third-order valence-electron chi connectivity index (χ3n) is 2.69. The Balaban J connectivity index is 2.11. The van der Waals surface area contributed by atoms with E-state index in [9.17, 15) is 32.5 Å². The molecule has 122 valence electrons. The van der Waals surface area contributed by atoms with Crippen molar-refractivity contribution in [3.8, 4) is 0 Å². The summed E-state index contributed by atoms with van der Waals surface area (Å²) in [5.41, 5.74) is -1.77. The fraction of sp³-hybridized carbons (Fsp3) is 0.167. The fourth-order valence-electron chi connectivity index (χ4n) is 1.67. The Kier molecular flexibility index (Phi) is 4.29. The van der Waals surface area contributed by atoms with E-state index in [1.807, 2.05) is 5.32 Å². The SMILES string of the molecule is O=C(Cn1ccc([N+](=O)[O-])n1)Nc1cc(C(F)(F)F)ccc1F. The first-order valence-corrected chi connectivity index (χ1v) is 6.01. The van der Waals surface area contributed by atoms with Crippen LogP contribution in [-0.2, 0) is 17.5 Å². The van der Waals surface area contributed by atoms with Gasteiger partial charge in [-0.25, -0.2) is 4.39 Å². The largest absolute Gasteiger partial charge is 0.416 e. The van der Waals surface area contributed by atoms with Crippen LogP contribution in [0.5, 0.6) is 0 Å². The minimum atomic E-state index is -4.68. The first kappa shape index (κ1) is 16.4. The first-order valence-electron chi connectivity index (χ1n) is 6.01. The molecule has 2 rings (SSSR count). The Morgan fingerprint density at radius 1 is 1.35 bits per heavy atom. The highest BCUT2D eigenvalue weighted by Crippen LogP contribution is 2.31. The van der Waals surface area contributed by atoms with Gasteiger partial charge < -0.3 is 15.4 Å². The van der Waals surface area contributed by atoms with Crippen LogP contribution < -0.4 is 5.32 Å². The molecule has 23 heavy (non-hydrogen) atoms. The molecule has 0 unspecified atom stereocenters. The number of benzene rings is 1. The van der Waals surface area contributed by atoms with Gasteiger partial charge >= 0.3 is 12.0 Å². The molecule has 0 spiro atoms. The van der Waals surface area contributed by atoms with E-state index in [1.165, 1.54) is 0 Å². The molecule has 1 N–H and O–H groups in total. The van der Waals surface area contributed by atoms with Crippen molar-refractivity contribution in [2.24, 2.45) is 0 Å². The maximum absolute atomic E-state index is 13.5. The highest BCUT2D eigenvalue weighted by molar-refractivity contribution is 5.90. The summed E-state index contributed by atoms with van der Waals surface area (Å²) < 4.78 is 52.0. The zero-order valence-electron chi connectivity index (χ0n) is 11.2. The van der Waals surface area contributed by atoms with Gasteiger partial charge in [-0.1, -0.05) is 0 Å². The third-order valence-corrected chi connectivity index (χ3v) is 2.69. The molecule has 1 amide bonds. The Labute approximate surface area is 125 Å². The van der Waals surface area contributed by atoms with Gasteiger partial charge in [0.1, 0.15) is 12.4 Å². The van der Waals surface area contributed by atoms with Crippen LogP contribution in [0.3, 0.4) is 0 Å². The molecule has 0 saturated carbocycles. The number of carbonyl (C=O) groups is 1. The molecule has 2 aromatic rings. The van der Waals surface area contributed by atoms with E-state index >= 15 is 0 Å². The molecule has 0 aliphatic carbocycles. The smallest absolute Gasteiger partial charge is 0.358 e. The number of nitrogens with one attached hydrogen (secondary N) is 1. The van der Waals surface area contributed by atoms with Crippen LogP contribution >= 0.6 is 0 Å². The molecule has 0 saturated heterocycles. The Morgan fingerprint density at radius 3 is 2.61 bits per heavy atom. The van der Waals surface area contributed by atoms with Gasteiger partial charge in [0.25, 0.3) is 0 Å². The number of rotatable bonds is 4. The number of hydrogen-bond acceptors (Lipinski definition) is 4. The van der Waals surface area contributed by atoms with Crippen LogP contribution in [0.2, 0.25) is 0 Å². The first-order chi connectivity index (χ1) is 10.7. The van der Waals surface area contributed by atoms with Crippen molar-refractivity contribution in [2.45, 2.75) is 12.7 Å². The summed E-state index contributed by atoms with van der Waals surface area (Å²) in [6.07, 6.45) is -3.55. The summed E-state index contributed by atoms with van der Waals surface area (Å²) in [4.78, 5) is 21.3. The maximum atomic E-state index is 13.5. The maximum Gasteiger partial charge on any atom is 0.416 e. The summed E-state index contributed by atoms with van der Waals surface area (Å²) >= 11 is 0. The highest BCUT2D eigenvalue weighted by Gasteiger charge is 2.31. The lowest BCUT2D eigenvalue weighted by Gasteiger charge is -2.10. The van der Waals surface area contributed by atoms with Gasteiger partial charge in [0.2, 0.25) is 5.91 Å². The molecular formula is C12H8F4N4O3. The number of nitro groups is 1. The summed E-state index contributed by atoms with van der Waals surface area (Å²) in [7, 11) is 0. The lowest BCUT2D eigenvalue weighted by atomic mass is 10.2. The third kappa shape index (κ3) is 4.02. The summed E-state index contributed by atoms with van der Waals surface area (Å²) in [5, 5.41) is 15.9. The molecule has 0 atom stereocenters. The van der Waals surface area contributed by atoms with E-state index in [4.69, 9.17) is 0 Å². The van der Waals surface area contributed by atoms with Crippen molar-refractivity contribution in [1.82, 2.24) is 9.78 Å². The van der Waals surface area contributed by atoms with Crippen LogP contribution in [0, 0.1) is 15.9 Å². The minimum absolute atomic E-state index is 0.457.